The van der Waals surface area contributed by atoms with E-state index in [1.54, 1.807) is 20.3 Å². The third-order valence-corrected chi connectivity index (χ3v) is 5.81. The van der Waals surface area contributed by atoms with E-state index in [1.807, 2.05) is 12.3 Å². The lowest BCUT2D eigenvalue weighted by molar-refractivity contribution is 0.170. The van der Waals surface area contributed by atoms with E-state index < -0.39 is 0 Å². The van der Waals surface area contributed by atoms with Gasteiger partial charge in [0.1, 0.15) is 0 Å². The molecule has 2 N–H and O–H groups in total. The van der Waals surface area contributed by atoms with Crippen molar-refractivity contribution in [3.8, 4) is 34.4 Å². The van der Waals surface area contributed by atoms with Crippen molar-refractivity contribution in [1.82, 2.24) is 24.7 Å². The monoisotopic (exact) mass is 457 g/mol. The van der Waals surface area contributed by atoms with E-state index in [4.69, 9.17) is 31.4 Å². The normalized spacial score (nSPS) is 14.8. The fourth-order valence-electron chi connectivity index (χ4n) is 4.00. The molecule has 9 nitrogen and oxygen atoms in total. The molecule has 0 saturated carbocycles. The van der Waals surface area contributed by atoms with Crippen LogP contribution in [0.15, 0.2) is 23.1 Å². The van der Waals surface area contributed by atoms with Gasteiger partial charge in [-0.25, -0.2) is 4.98 Å². The predicted octanol–water partition coefficient (Wildman–Crippen LogP) is 3.54. The topological polar surface area (TPSA) is 107 Å². The van der Waals surface area contributed by atoms with Crippen LogP contribution in [0.1, 0.15) is 31.9 Å². The zero-order chi connectivity index (χ0) is 22.8. The molecule has 1 unspecified atom stereocenters. The molecule has 0 aromatic carbocycles. The minimum Gasteiger partial charge on any atom is -0.488 e. The summed E-state index contributed by atoms with van der Waals surface area (Å²) in [6, 6.07) is 3.73. The molecule has 10 heteroatoms. The Kier molecular flexibility index (Phi) is 6.43. The van der Waals surface area contributed by atoms with E-state index >= 15 is 0 Å². The summed E-state index contributed by atoms with van der Waals surface area (Å²) < 4.78 is 19.0. The summed E-state index contributed by atoms with van der Waals surface area (Å²) in [4.78, 5) is 20.7. The van der Waals surface area contributed by atoms with Gasteiger partial charge in [-0.15, -0.1) is 0 Å². The Labute approximate surface area is 190 Å². The van der Waals surface area contributed by atoms with E-state index in [-0.39, 0.29) is 11.5 Å². The van der Waals surface area contributed by atoms with Gasteiger partial charge in [0.15, 0.2) is 21.8 Å². The van der Waals surface area contributed by atoms with Crippen LogP contribution in [-0.4, -0.2) is 52.2 Å². The largest absolute Gasteiger partial charge is 0.488 e. The molecule has 1 atom stereocenters. The number of rotatable bonds is 8. The molecule has 3 aromatic heterocycles. The maximum absolute atomic E-state index is 13.0. The third-order valence-electron chi connectivity index (χ3n) is 5.61. The molecular formula is C22H27N5O4S. The third kappa shape index (κ3) is 4.20. The second-order valence-electron chi connectivity index (χ2n) is 8.08. The first-order valence-electron chi connectivity index (χ1n) is 10.5. The molecule has 0 radical (unpaired) electrons. The second-order valence-corrected chi connectivity index (χ2v) is 8.49. The van der Waals surface area contributed by atoms with Crippen LogP contribution >= 0.6 is 12.2 Å². The quantitative estimate of drug-likeness (QED) is 0.394. The average molecular weight is 458 g/mol. The Bertz CT molecular complexity index is 1230. The molecule has 0 fully saturated rings. The Morgan fingerprint density at radius 2 is 2.09 bits per heavy atom. The molecule has 1 aliphatic heterocycles. The molecule has 1 aliphatic rings. The van der Waals surface area contributed by atoms with Gasteiger partial charge in [0.05, 0.1) is 30.7 Å². The zero-order valence-corrected chi connectivity index (χ0v) is 19.4. The number of hydrogen-bond donors (Lipinski definition) is 2. The number of fused-ring (bicyclic) bond motifs is 3. The first-order valence-corrected chi connectivity index (χ1v) is 10.9. The van der Waals surface area contributed by atoms with Crippen LogP contribution in [0.4, 0.5) is 0 Å². The maximum Gasteiger partial charge on any atom is 0.257 e. The van der Waals surface area contributed by atoms with E-state index in [2.05, 4.69) is 33.6 Å². The summed E-state index contributed by atoms with van der Waals surface area (Å²) in [5.74, 6) is 1.74. The van der Waals surface area contributed by atoms with Crippen LogP contribution < -0.4 is 14.9 Å². The summed E-state index contributed by atoms with van der Waals surface area (Å²) in [7, 11) is 3.23. The molecule has 0 saturated heterocycles. The number of aromatic nitrogens is 5. The van der Waals surface area contributed by atoms with Crippen LogP contribution in [0.5, 0.6) is 11.6 Å². The van der Waals surface area contributed by atoms with Gasteiger partial charge in [-0.3, -0.25) is 9.89 Å². The summed E-state index contributed by atoms with van der Waals surface area (Å²) in [5, 5.41) is 6.81. The number of pyridine rings is 2. The highest BCUT2D eigenvalue weighted by Crippen LogP contribution is 2.40. The zero-order valence-electron chi connectivity index (χ0n) is 18.6. The number of nitrogens with one attached hydrogen (secondary N) is 2. The fraction of sp³-hybridized carbons (Fsp3) is 0.455. The van der Waals surface area contributed by atoms with Crippen molar-refractivity contribution in [2.45, 2.75) is 32.7 Å². The lowest BCUT2D eigenvalue weighted by atomic mass is 9.89. The molecule has 0 spiro atoms. The number of ether oxygens (including phenoxy) is 3. The Balaban J connectivity index is 1.82. The highest BCUT2D eigenvalue weighted by Gasteiger charge is 2.30. The van der Waals surface area contributed by atoms with Crippen molar-refractivity contribution in [2.24, 2.45) is 5.92 Å². The summed E-state index contributed by atoms with van der Waals surface area (Å²) >= 11 is 5.07. The van der Waals surface area contributed by atoms with Gasteiger partial charge in [0.2, 0.25) is 0 Å². The predicted molar refractivity (Wildman–Crippen MR) is 123 cm³/mol. The molecular weight excluding hydrogens is 430 g/mol. The van der Waals surface area contributed by atoms with Crippen LogP contribution in [-0.2, 0) is 11.2 Å². The number of methoxy groups -OCH3 is 2. The standard InChI is InChI=1S/C22H27N5O4S/c1-12(2)15-8-13-9-18(31-7-5-6-29-3)21(30-4)23-19(13)16-10-17(28)14(11-27(15)16)20-24-22(32)26-25-20/h9-12,15H,5-8H2,1-4H3,(H2,24,25,26,32). The molecule has 32 heavy (non-hydrogen) atoms. The summed E-state index contributed by atoms with van der Waals surface area (Å²) in [6.07, 6.45) is 3.36. The van der Waals surface area contributed by atoms with Crippen molar-refractivity contribution < 1.29 is 14.2 Å². The summed E-state index contributed by atoms with van der Waals surface area (Å²) in [6.45, 7) is 5.45. The Morgan fingerprint density at radius 3 is 2.75 bits per heavy atom. The van der Waals surface area contributed by atoms with E-state index in [1.165, 1.54) is 0 Å². The molecule has 170 valence electrons. The van der Waals surface area contributed by atoms with E-state index in [0.717, 1.165) is 29.8 Å². The van der Waals surface area contributed by atoms with Gasteiger partial charge in [0, 0.05) is 38.4 Å². The number of hydrogen-bond acceptors (Lipinski definition) is 7. The molecule has 3 aromatic rings. The van der Waals surface area contributed by atoms with E-state index in [9.17, 15) is 4.79 Å². The van der Waals surface area contributed by atoms with Crippen LogP contribution in [0.3, 0.4) is 0 Å². The van der Waals surface area contributed by atoms with Crippen molar-refractivity contribution >= 4 is 12.2 Å². The Morgan fingerprint density at radius 1 is 1.28 bits per heavy atom. The second kappa shape index (κ2) is 9.25. The van der Waals surface area contributed by atoms with E-state index in [0.29, 0.717) is 46.9 Å². The number of H-pyrrole nitrogens is 2. The first-order chi connectivity index (χ1) is 15.4. The van der Waals surface area contributed by atoms with Gasteiger partial charge >= 0.3 is 0 Å². The minimum atomic E-state index is -0.162. The average Bonchev–Trinajstić information content (AvgIpc) is 3.21. The molecule has 4 heterocycles. The van der Waals surface area contributed by atoms with Crippen LogP contribution in [0.2, 0.25) is 0 Å². The number of nitrogens with zero attached hydrogens (tertiary/aromatic N) is 3. The fourth-order valence-corrected chi connectivity index (χ4v) is 4.14. The SMILES string of the molecule is COCCCOc1cc2c(nc1OC)-c1cc(=O)c(-c3n[nH]c(=S)[nH]3)cn1C(C(C)C)C2. The first kappa shape index (κ1) is 22.2. The van der Waals surface area contributed by atoms with Crippen LogP contribution in [0.25, 0.3) is 22.8 Å². The van der Waals surface area contributed by atoms with Crippen molar-refractivity contribution in [3.63, 3.8) is 0 Å². The van der Waals surface area contributed by atoms with Crippen molar-refractivity contribution in [2.75, 3.05) is 27.4 Å². The smallest absolute Gasteiger partial charge is 0.257 e. The van der Waals surface area contributed by atoms with Gasteiger partial charge in [-0.2, -0.15) is 5.10 Å². The molecule has 0 amide bonds. The van der Waals surface area contributed by atoms with Gasteiger partial charge in [-0.1, -0.05) is 13.8 Å². The molecule has 0 aliphatic carbocycles. The number of aromatic amines is 2. The van der Waals surface area contributed by atoms with Gasteiger partial charge in [-0.05, 0) is 36.2 Å². The highest BCUT2D eigenvalue weighted by molar-refractivity contribution is 7.71. The maximum atomic E-state index is 13.0. The van der Waals surface area contributed by atoms with Crippen LogP contribution in [0, 0.1) is 10.7 Å². The Hall–Kier alpha value is -2.98. The van der Waals surface area contributed by atoms with Crippen molar-refractivity contribution in [1.29, 1.82) is 0 Å². The summed E-state index contributed by atoms with van der Waals surface area (Å²) in [5.41, 5.74) is 2.79. The lowest BCUT2D eigenvalue weighted by Gasteiger charge is -2.33. The molecule has 0 bridgehead atoms. The molecule has 4 rings (SSSR count). The highest BCUT2D eigenvalue weighted by atomic mass is 32.1. The van der Waals surface area contributed by atoms with Gasteiger partial charge in [0.25, 0.3) is 5.88 Å². The minimum absolute atomic E-state index is 0.135. The van der Waals surface area contributed by atoms with Gasteiger partial charge < -0.3 is 23.8 Å². The lowest BCUT2D eigenvalue weighted by Crippen LogP contribution is -2.27. The van der Waals surface area contributed by atoms with Crippen molar-refractivity contribution in [3.05, 3.63) is 38.9 Å².